The number of allylic oxidation sites excluding steroid dienone is 4. The molecule has 0 aliphatic heterocycles. The summed E-state index contributed by atoms with van der Waals surface area (Å²) in [6.45, 7) is 9.13. The molecule has 0 aromatic heterocycles. The second-order valence-corrected chi connectivity index (χ2v) is 6.43. The maximum Gasteiger partial charge on any atom is -1.00 e. The quantitative estimate of drug-likeness (QED) is 0.396. The summed E-state index contributed by atoms with van der Waals surface area (Å²) < 4.78 is 1.68. The Kier molecular flexibility index (Phi) is 7.21. The van der Waals surface area contributed by atoms with E-state index >= 15 is 0 Å². The molecule has 0 nitrogen and oxygen atoms in total. The van der Waals surface area contributed by atoms with E-state index in [0.717, 1.165) is 0 Å². The third-order valence-corrected chi connectivity index (χ3v) is 4.25. The van der Waals surface area contributed by atoms with Gasteiger partial charge in [0, 0.05) is 0 Å². The van der Waals surface area contributed by atoms with Gasteiger partial charge in [-0.05, 0) is 0 Å². The van der Waals surface area contributed by atoms with Gasteiger partial charge in [0.1, 0.15) is 0 Å². The normalized spacial score (nSPS) is 16.3. The predicted molar refractivity (Wildman–Crippen MR) is 44.9 cm³/mol. The number of halogens is 2. The SMILES string of the molecule is CC1=[C]([Hf+2])CC(C(C)(C)C)=C1.[Cl-].[Cl-]. The van der Waals surface area contributed by atoms with Crippen LogP contribution in [0.5, 0.6) is 0 Å². The van der Waals surface area contributed by atoms with Gasteiger partial charge in [-0.3, -0.25) is 0 Å². The Balaban J connectivity index is 0. The number of hydrogen-bond donors (Lipinski definition) is 0. The topological polar surface area (TPSA) is 0 Å². The van der Waals surface area contributed by atoms with Crippen LogP contribution in [-0.2, 0) is 24.4 Å². The van der Waals surface area contributed by atoms with Crippen molar-refractivity contribution in [3.05, 3.63) is 20.6 Å². The van der Waals surface area contributed by atoms with Gasteiger partial charge < -0.3 is 24.8 Å². The Morgan fingerprint density at radius 2 is 1.69 bits per heavy atom. The molecule has 1 rings (SSSR count). The van der Waals surface area contributed by atoms with Crippen molar-refractivity contribution in [1.29, 1.82) is 0 Å². The molecular formula is C10H15Cl2Hf. The molecule has 1 aliphatic carbocycles. The van der Waals surface area contributed by atoms with Crippen LogP contribution in [0.25, 0.3) is 0 Å². The van der Waals surface area contributed by atoms with Gasteiger partial charge in [0.15, 0.2) is 0 Å². The Bertz CT molecular complexity index is 234. The standard InChI is InChI=1S/C10H15.2ClH.Hf/c1-8-5-6-9(7-8)10(2,3)4;;;/h7H,6H2,1-4H3;2*1H;/q;;;+2/p-2. The summed E-state index contributed by atoms with van der Waals surface area (Å²) in [7, 11) is 0. The van der Waals surface area contributed by atoms with E-state index in [-0.39, 0.29) is 24.8 Å². The van der Waals surface area contributed by atoms with Crippen molar-refractivity contribution in [3.8, 4) is 0 Å². The minimum absolute atomic E-state index is 0. The van der Waals surface area contributed by atoms with Crippen LogP contribution in [0.4, 0.5) is 0 Å². The summed E-state index contributed by atoms with van der Waals surface area (Å²) in [5.41, 5.74) is 3.52. The maximum absolute atomic E-state index is 2.38. The first kappa shape index (κ1) is 16.4. The fourth-order valence-corrected chi connectivity index (χ4v) is 2.15. The van der Waals surface area contributed by atoms with E-state index in [4.69, 9.17) is 0 Å². The summed E-state index contributed by atoms with van der Waals surface area (Å²) in [5, 5.41) is 0. The monoisotopic (exact) mass is 385 g/mol. The second kappa shape index (κ2) is 5.72. The molecule has 0 saturated heterocycles. The van der Waals surface area contributed by atoms with Crippen molar-refractivity contribution in [2.75, 3.05) is 0 Å². The van der Waals surface area contributed by atoms with Crippen LogP contribution in [0.15, 0.2) is 20.6 Å². The molecule has 0 unspecified atom stereocenters. The summed E-state index contributed by atoms with van der Waals surface area (Å²) in [5.74, 6) is 0. The number of rotatable bonds is 0. The van der Waals surface area contributed by atoms with Crippen LogP contribution in [0.3, 0.4) is 0 Å². The molecule has 0 radical (unpaired) electrons. The minimum Gasteiger partial charge on any atom is -1.00 e. The molecule has 0 aromatic carbocycles. The van der Waals surface area contributed by atoms with E-state index in [1.807, 2.05) is 0 Å². The van der Waals surface area contributed by atoms with Crippen LogP contribution in [0, 0.1) is 5.41 Å². The molecule has 0 fully saturated rings. The van der Waals surface area contributed by atoms with Gasteiger partial charge in [-0.25, -0.2) is 0 Å². The smallest absolute Gasteiger partial charge is 1.00 e. The predicted octanol–water partition coefficient (Wildman–Crippen LogP) is -2.81. The zero-order valence-electron chi connectivity index (χ0n) is 8.54. The van der Waals surface area contributed by atoms with Crippen LogP contribution >= 0.6 is 0 Å². The Morgan fingerprint density at radius 3 is 1.85 bits per heavy atom. The van der Waals surface area contributed by atoms with Crippen LogP contribution in [-0.4, -0.2) is 0 Å². The molecule has 0 heterocycles. The summed E-state index contributed by atoms with van der Waals surface area (Å²) in [4.78, 5) is 0. The molecular weight excluding hydrogens is 370 g/mol. The number of hydrogen-bond acceptors (Lipinski definition) is 0. The molecule has 0 bridgehead atoms. The van der Waals surface area contributed by atoms with Gasteiger partial charge in [0.2, 0.25) is 0 Å². The molecule has 73 valence electrons. The largest absolute Gasteiger partial charge is 1.00 e. The van der Waals surface area contributed by atoms with E-state index in [9.17, 15) is 0 Å². The minimum atomic E-state index is 0. The fraction of sp³-hybridized carbons (Fsp3) is 0.600. The third kappa shape index (κ3) is 4.31. The van der Waals surface area contributed by atoms with Crippen LogP contribution < -0.4 is 24.8 Å². The Hall–Kier alpha value is 0.930. The van der Waals surface area contributed by atoms with Crippen molar-refractivity contribution in [1.82, 2.24) is 0 Å². The zero-order valence-corrected chi connectivity index (χ0v) is 13.6. The molecule has 0 N–H and O–H groups in total. The van der Waals surface area contributed by atoms with Crippen molar-refractivity contribution < 1.29 is 49.2 Å². The Labute approximate surface area is 109 Å². The van der Waals surface area contributed by atoms with Crippen molar-refractivity contribution in [2.24, 2.45) is 5.41 Å². The molecule has 13 heavy (non-hydrogen) atoms. The van der Waals surface area contributed by atoms with Gasteiger partial charge in [0.25, 0.3) is 0 Å². The zero-order chi connectivity index (χ0) is 8.65. The fourth-order valence-electron chi connectivity index (χ4n) is 1.21. The average molecular weight is 385 g/mol. The third-order valence-electron chi connectivity index (χ3n) is 2.20. The first-order chi connectivity index (χ1) is 4.91. The molecule has 0 saturated carbocycles. The Morgan fingerprint density at radius 1 is 1.23 bits per heavy atom. The molecule has 0 amide bonds. The van der Waals surface area contributed by atoms with Crippen LogP contribution in [0.1, 0.15) is 34.1 Å². The second-order valence-electron chi connectivity index (χ2n) is 4.26. The van der Waals surface area contributed by atoms with E-state index in [1.54, 1.807) is 8.90 Å². The van der Waals surface area contributed by atoms with Gasteiger partial charge >= 0.3 is 84.5 Å². The van der Waals surface area contributed by atoms with Crippen molar-refractivity contribution in [2.45, 2.75) is 34.1 Å². The summed E-state index contributed by atoms with van der Waals surface area (Å²) in [6, 6.07) is 0. The van der Waals surface area contributed by atoms with E-state index < -0.39 is 0 Å². The first-order valence-corrected chi connectivity index (χ1v) is 5.83. The molecule has 0 atom stereocenters. The van der Waals surface area contributed by atoms with E-state index in [1.165, 1.54) is 36.4 Å². The van der Waals surface area contributed by atoms with E-state index in [2.05, 4.69) is 33.8 Å². The maximum atomic E-state index is 2.38. The van der Waals surface area contributed by atoms with Crippen molar-refractivity contribution in [3.63, 3.8) is 0 Å². The molecule has 1 aliphatic rings. The molecule has 0 aromatic rings. The van der Waals surface area contributed by atoms with Crippen LogP contribution in [0.2, 0.25) is 0 Å². The van der Waals surface area contributed by atoms with Gasteiger partial charge in [0.05, 0.1) is 0 Å². The summed E-state index contributed by atoms with van der Waals surface area (Å²) >= 11 is 1.24. The van der Waals surface area contributed by atoms with E-state index in [0.29, 0.717) is 5.41 Å². The molecule has 0 spiro atoms. The van der Waals surface area contributed by atoms with Gasteiger partial charge in [-0.15, -0.1) is 0 Å². The van der Waals surface area contributed by atoms with Crippen molar-refractivity contribution >= 4 is 0 Å². The first-order valence-electron chi connectivity index (χ1n) is 4.03. The average Bonchev–Trinajstić information content (AvgIpc) is 2.11. The van der Waals surface area contributed by atoms with Gasteiger partial charge in [-0.1, -0.05) is 0 Å². The summed E-state index contributed by atoms with van der Waals surface area (Å²) in [6.07, 6.45) is 3.63. The molecule has 3 heteroatoms. The van der Waals surface area contributed by atoms with Gasteiger partial charge in [-0.2, -0.15) is 0 Å².